The molecule has 0 aromatic carbocycles. The minimum Gasteiger partial charge on any atom is -0.495 e. The van der Waals surface area contributed by atoms with Gasteiger partial charge in [0.05, 0.1) is 11.9 Å². The van der Waals surface area contributed by atoms with Crippen molar-refractivity contribution in [1.82, 2.24) is 0 Å². The van der Waals surface area contributed by atoms with Gasteiger partial charge in [0.25, 0.3) is 0 Å². The van der Waals surface area contributed by atoms with Crippen molar-refractivity contribution in [2.75, 3.05) is 0 Å². The van der Waals surface area contributed by atoms with E-state index in [1.165, 1.54) is 6.92 Å². The SMILES string of the molecule is CCCCC[C@H](O)/C=C/[C@@H]1[C@H]2C/C(=C/CCCC(=O)O)O[C@H]2C[C@H]1OC(C)=O. The maximum Gasteiger partial charge on any atom is 0.303 e. The number of hydrogen-bond donors (Lipinski definition) is 2. The number of carboxylic acids is 1. The summed E-state index contributed by atoms with van der Waals surface area (Å²) in [6.45, 7) is 3.56. The maximum atomic E-state index is 11.5. The zero-order valence-corrected chi connectivity index (χ0v) is 17.0. The van der Waals surface area contributed by atoms with Crippen LogP contribution in [0.1, 0.15) is 71.6 Å². The first kappa shape index (κ1) is 22.5. The predicted molar refractivity (Wildman–Crippen MR) is 105 cm³/mol. The second-order valence-corrected chi connectivity index (χ2v) is 7.89. The fourth-order valence-electron chi connectivity index (χ4n) is 4.17. The minimum atomic E-state index is -0.783. The molecule has 0 unspecified atom stereocenters. The Morgan fingerprint density at radius 3 is 2.79 bits per heavy atom. The van der Waals surface area contributed by atoms with Crippen LogP contribution in [0.4, 0.5) is 0 Å². The lowest BCUT2D eigenvalue weighted by molar-refractivity contribution is -0.147. The highest BCUT2D eigenvalue weighted by atomic mass is 16.5. The molecular formula is C22H34O6. The molecule has 6 heteroatoms. The number of ether oxygens (including phenoxy) is 2. The van der Waals surface area contributed by atoms with Crippen molar-refractivity contribution in [3.05, 3.63) is 24.0 Å². The van der Waals surface area contributed by atoms with Crippen LogP contribution in [-0.2, 0) is 19.1 Å². The highest BCUT2D eigenvalue weighted by Crippen LogP contribution is 2.46. The van der Waals surface area contributed by atoms with Gasteiger partial charge < -0.3 is 19.7 Å². The Labute approximate surface area is 167 Å². The van der Waals surface area contributed by atoms with Crippen molar-refractivity contribution >= 4 is 11.9 Å². The number of aliphatic hydroxyl groups excluding tert-OH is 1. The van der Waals surface area contributed by atoms with Crippen LogP contribution in [0.25, 0.3) is 0 Å². The van der Waals surface area contributed by atoms with E-state index in [2.05, 4.69) is 6.92 Å². The predicted octanol–water partition coefficient (Wildman–Crippen LogP) is 3.98. The second kappa shape index (κ2) is 11.2. The molecule has 1 aliphatic heterocycles. The van der Waals surface area contributed by atoms with Gasteiger partial charge in [-0.05, 0) is 25.3 Å². The molecule has 1 saturated heterocycles. The van der Waals surface area contributed by atoms with Crippen molar-refractivity contribution in [2.24, 2.45) is 11.8 Å². The number of carbonyl (C=O) groups excluding carboxylic acids is 1. The van der Waals surface area contributed by atoms with E-state index in [0.717, 1.165) is 37.9 Å². The average Bonchev–Trinajstić information content (AvgIpc) is 3.14. The quantitative estimate of drug-likeness (QED) is 0.313. The van der Waals surface area contributed by atoms with Crippen LogP contribution in [0, 0.1) is 11.8 Å². The Bertz CT molecular complexity index is 582. The summed E-state index contributed by atoms with van der Waals surface area (Å²) in [6.07, 6.45) is 12.0. The average molecular weight is 395 g/mol. The van der Waals surface area contributed by atoms with Gasteiger partial charge >= 0.3 is 11.9 Å². The molecule has 1 heterocycles. The Morgan fingerprint density at radius 2 is 2.11 bits per heavy atom. The number of hydrogen-bond acceptors (Lipinski definition) is 5. The first-order valence-corrected chi connectivity index (χ1v) is 10.5. The molecule has 28 heavy (non-hydrogen) atoms. The van der Waals surface area contributed by atoms with Gasteiger partial charge in [-0.15, -0.1) is 0 Å². The summed E-state index contributed by atoms with van der Waals surface area (Å²) in [4.78, 5) is 22.1. The first-order valence-electron chi connectivity index (χ1n) is 10.5. The summed E-state index contributed by atoms with van der Waals surface area (Å²) in [7, 11) is 0. The van der Waals surface area contributed by atoms with Gasteiger partial charge in [0.15, 0.2) is 0 Å². The molecule has 0 aromatic rings. The van der Waals surface area contributed by atoms with E-state index in [4.69, 9.17) is 14.6 Å². The molecule has 2 N–H and O–H groups in total. The van der Waals surface area contributed by atoms with Crippen LogP contribution in [-0.4, -0.2) is 40.5 Å². The fourth-order valence-corrected chi connectivity index (χ4v) is 4.17. The van der Waals surface area contributed by atoms with Gasteiger partial charge in [0.1, 0.15) is 12.2 Å². The van der Waals surface area contributed by atoms with Crippen molar-refractivity contribution in [2.45, 2.75) is 89.9 Å². The zero-order chi connectivity index (χ0) is 20.5. The summed E-state index contributed by atoms with van der Waals surface area (Å²) in [5, 5.41) is 18.9. The van der Waals surface area contributed by atoms with Crippen LogP contribution in [0.2, 0.25) is 0 Å². The molecule has 2 rings (SSSR count). The second-order valence-electron chi connectivity index (χ2n) is 7.89. The number of aliphatic carboxylic acids is 1. The topological polar surface area (TPSA) is 93.1 Å². The number of unbranched alkanes of at least 4 members (excludes halogenated alkanes) is 3. The summed E-state index contributed by atoms with van der Waals surface area (Å²) in [5.74, 6) is 0.0724. The molecular weight excluding hydrogens is 360 g/mol. The molecule has 0 amide bonds. The third-order valence-electron chi connectivity index (χ3n) is 5.55. The number of allylic oxidation sites excluding steroid dienone is 2. The van der Waals surface area contributed by atoms with Crippen LogP contribution in [0.15, 0.2) is 24.0 Å². The lowest BCUT2D eigenvalue weighted by atomic mass is 9.90. The van der Waals surface area contributed by atoms with E-state index in [9.17, 15) is 14.7 Å². The largest absolute Gasteiger partial charge is 0.495 e. The van der Waals surface area contributed by atoms with Crippen molar-refractivity contribution in [3.63, 3.8) is 0 Å². The fraction of sp³-hybridized carbons (Fsp3) is 0.727. The van der Waals surface area contributed by atoms with E-state index < -0.39 is 12.1 Å². The molecule has 0 radical (unpaired) electrons. The Balaban J connectivity index is 1.96. The summed E-state index contributed by atoms with van der Waals surface area (Å²) in [6, 6.07) is 0. The van der Waals surface area contributed by atoms with Crippen molar-refractivity contribution in [3.8, 4) is 0 Å². The molecule has 2 fully saturated rings. The Kier molecular flexibility index (Phi) is 9.03. The standard InChI is InChI=1S/C22H34O6/c1-3-4-5-8-16(24)11-12-18-19-13-17(9-6-7-10-22(25)26)28-21(19)14-20(18)27-15(2)23/h9,11-12,16,18-21,24H,3-8,10,13-14H2,1-2H3,(H,25,26)/b12-11+,17-9-/t16-,18+,19+,20+,21-/m0/s1. The van der Waals surface area contributed by atoms with Crippen molar-refractivity contribution < 1.29 is 29.3 Å². The normalized spacial score (nSPS) is 29.0. The lowest BCUT2D eigenvalue weighted by Crippen LogP contribution is -2.23. The number of fused-ring (bicyclic) bond motifs is 1. The van der Waals surface area contributed by atoms with Gasteiger partial charge in [0, 0.05) is 38.0 Å². The summed E-state index contributed by atoms with van der Waals surface area (Å²) >= 11 is 0. The third kappa shape index (κ3) is 6.97. The summed E-state index contributed by atoms with van der Waals surface area (Å²) in [5.41, 5.74) is 0. The van der Waals surface area contributed by atoms with Gasteiger partial charge in [-0.25, -0.2) is 0 Å². The Hall–Kier alpha value is -1.82. The monoisotopic (exact) mass is 394 g/mol. The summed E-state index contributed by atoms with van der Waals surface area (Å²) < 4.78 is 11.6. The number of aliphatic hydroxyl groups is 1. The highest BCUT2D eigenvalue weighted by Gasteiger charge is 2.49. The molecule has 6 nitrogen and oxygen atoms in total. The number of esters is 1. The van der Waals surface area contributed by atoms with Gasteiger partial charge in [-0.3, -0.25) is 9.59 Å². The first-order chi connectivity index (χ1) is 13.4. The molecule has 1 aliphatic carbocycles. The maximum absolute atomic E-state index is 11.5. The van der Waals surface area contributed by atoms with Gasteiger partial charge in [-0.2, -0.15) is 0 Å². The molecule has 1 saturated carbocycles. The van der Waals surface area contributed by atoms with Gasteiger partial charge in [0.2, 0.25) is 0 Å². The number of carbonyl (C=O) groups is 2. The smallest absolute Gasteiger partial charge is 0.303 e. The van der Waals surface area contributed by atoms with Crippen LogP contribution < -0.4 is 0 Å². The Morgan fingerprint density at radius 1 is 1.32 bits per heavy atom. The molecule has 0 aromatic heterocycles. The van der Waals surface area contributed by atoms with Gasteiger partial charge in [-0.1, -0.05) is 38.3 Å². The van der Waals surface area contributed by atoms with Crippen LogP contribution in [0.5, 0.6) is 0 Å². The van der Waals surface area contributed by atoms with E-state index in [-0.39, 0.29) is 36.4 Å². The molecule has 0 bridgehead atoms. The molecule has 0 spiro atoms. The van der Waals surface area contributed by atoms with Crippen molar-refractivity contribution in [1.29, 1.82) is 0 Å². The van der Waals surface area contributed by atoms with E-state index in [0.29, 0.717) is 19.3 Å². The van der Waals surface area contributed by atoms with E-state index >= 15 is 0 Å². The molecule has 2 aliphatic rings. The lowest BCUT2D eigenvalue weighted by Gasteiger charge is -2.20. The van der Waals surface area contributed by atoms with Crippen LogP contribution >= 0.6 is 0 Å². The minimum absolute atomic E-state index is 0.00181. The third-order valence-corrected chi connectivity index (χ3v) is 5.55. The molecule has 5 atom stereocenters. The number of carboxylic acid groups (broad SMARTS) is 1. The zero-order valence-electron chi connectivity index (χ0n) is 17.0. The van der Waals surface area contributed by atoms with E-state index in [1.54, 1.807) is 0 Å². The highest BCUT2D eigenvalue weighted by molar-refractivity contribution is 5.66. The molecule has 158 valence electrons. The van der Waals surface area contributed by atoms with Crippen LogP contribution in [0.3, 0.4) is 0 Å². The number of rotatable bonds is 11. The van der Waals surface area contributed by atoms with E-state index in [1.807, 2.05) is 18.2 Å².